The molecule has 0 atom stereocenters. The van der Waals surface area contributed by atoms with Gasteiger partial charge in [0.15, 0.2) is 5.65 Å². The first-order valence-electron chi connectivity index (χ1n) is 9.74. The van der Waals surface area contributed by atoms with Crippen molar-refractivity contribution < 1.29 is 14.3 Å². The van der Waals surface area contributed by atoms with Crippen molar-refractivity contribution in [1.29, 1.82) is 0 Å². The second-order valence-electron chi connectivity index (χ2n) is 7.09. The van der Waals surface area contributed by atoms with Crippen LogP contribution in [0.25, 0.3) is 11.0 Å². The van der Waals surface area contributed by atoms with Gasteiger partial charge in [-0.25, -0.2) is 14.5 Å². The lowest BCUT2D eigenvalue weighted by atomic mass is 10.1. The Morgan fingerprint density at radius 3 is 2.62 bits per heavy atom. The topological polar surface area (TPSA) is 86.1 Å². The highest BCUT2D eigenvalue weighted by Crippen LogP contribution is 2.34. The number of esters is 1. The number of hydrogen-bond donors (Lipinski definition) is 1. The summed E-state index contributed by atoms with van der Waals surface area (Å²) in [5, 5.41) is 8.59. The molecule has 0 bridgehead atoms. The lowest BCUT2D eigenvalue weighted by molar-refractivity contribution is 0.0527. The molecule has 3 aromatic heterocycles. The standard InChI is InChI=1S/C21H26N4O3S/c1-7-15-13(6)29-20(17(15)21(27)28-8-2)24-19(26)16-9-14-10-22-25(11(3)4)18(14)23-12(16)5/h9-11H,7-8H2,1-6H3,(H,24,26). The van der Waals surface area contributed by atoms with Crippen molar-refractivity contribution in [2.75, 3.05) is 11.9 Å². The maximum Gasteiger partial charge on any atom is 0.341 e. The third kappa shape index (κ3) is 3.89. The van der Waals surface area contributed by atoms with Crippen molar-refractivity contribution in [1.82, 2.24) is 14.8 Å². The van der Waals surface area contributed by atoms with Crippen LogP contribution in [0.5, 0.6) is 0 Å². The minimum absolute atomic E-state index is 0.174. The number of aromatic nitrogens is 3. The second-order valence-corrected chi connectivity index (χ2v) is 8.31. The molecule has 1 amide bonds. The number of carbonyl (C=O) groups excluding carboxylic acids is 2. The number of pyridine rings is 1. The van der Waals surface area contributed by atoms with E-state index in [1.807, 2.05) is 32.4 Å². The first kappa shape index (κ1) is 21.0. The summed E-state index contributed by atoms with van der Waals surface area (Å²) in [5.74, 6) is -0.712. The van der Waals surface area contributed by atoms with E-state index in [9.17, 15) is 9.59 Å². The normalized spacial score (nSPS) is 11.3. The summed E-state index contributed by atoms with van der Waals surface area (Å²) in [6.45, 7) is 11.8. The molecule has 8 heteroatoms. The number of ether oxygens (including phenoxy) is 1. The Morgan fingerprint density at radius 1 is 1.28 bits per heavy atom. The molecule has 0 radical (unpaired) electrons. The van der Waals surface area contributed by atoms with Gasteiger partial charge in [-0.1, -0.05) is 6.92 Å². The molecule has 0 spiro atoms. The Labute approximate surface area is 174 Å². The number of nitrogens with one attached hydrogen (secondary N) is 1. The van der Waals surface area contributed by atoms with E-state index < -0.39 is 5.97 Å². The molecule has 0 saturated heterocycles. The maximum atomic E-state index is 13.0. The van der Waals surface area contributed by atoms with Gasteiger partial charge in [-0.3, -0.25) is 4.79 Å². The Morgan fingerprint density at radius 2 is 2.00 bits per heavy atom. The quantitative estimate of drug-likeness (QED) is 0.592. The van der Waals surface area contributed by atoms with Crippen molar-refractivity contribution in [3.8, 4) is 0 Å². The smallest absolute Gasteiger partial charge is 0.341 e. The highest BCUT2D eigenvalue weighted by atomic mass is 32.1. The first-order valence-corrected chi connectivity index (χ1v) is 10.6. The van der Waals surface area contributed by atoms with Crippen LogP contribution in [-0.4, -0.2) is 33.2 Å². The zero-order valence-electron chi connectivity index (χ0n) is 17.6. The second kappa shape index (κ2) is 8.32. The minimum atomic E-state index is -0.410. The number of hydrogen-bond acceptors (Lipinski definition) is 6. The Bertz CT molecular complexity index is 1080. The largest absolute Gasteiger partial charge is 0.462 e. The van der Waals surface area contributed by atoms with Crippen LogP contribution in [0.4, 0.5) is 5.00 Å². The van der Waals surface area contributed by atoms with Crippen LogP contribution < -0.4 is 5.32 Å². The van der Waals surface area contributed by atoms with Gasteiger partial charge < -0.3 is 10.1 Å². The predicted molar refractivity (Wildman–Crippen MR) is 115 cm³/mol. The van der Waals surface area contributed by atoms with Gasteiger partial charge in [0.2, 0.25) is 0 Å². The number of anilines is 1. The van der Waals surface area contributed by atoms with Crippen molar-refractivity contribution in [2.24, 2.45) is 0 Å². The molecule has 0 saturated carbocycles. The summed E-state index contributed by atoms with van der Waals surface area (Å²) in [6, 6.07) is 1.97. The average molecular weight is 415 g/mol. The molecule has 0 aliphatic heterocycles. The van der Waals surface area contributed by atoms with E-state index in [1.54, 1.807) is 26.1 Å². The molecule has 29 heavy (non-hydrogen) atoms. The summed E-state index contributed by atoms with van der Waals surface area (Å²) in [5.41, 5.74) is 3.18. The van der Waals surface area contributed by atoms with Gasteiger partial charge in [0.25, 0.3) is 5.91 Å². The van der Waals surface area contributed by atoms with Crippen LogP contribution in [0.15, 0.2) is 12.3 Å². The van der Waals surface area contributed by atoms with Gasteiger partial charge in [0.1, 0.15) is 5.00 Å². The third-order valence-corrected chi connectivity index (χ3v) is 5.83. The van der Waals surface area contributed by atoms with Crippen LogP contribution in [0.1, 0.15) is 70.6 Å². The first-order chi connectivity index (χ1) is 13.8. The fourth-order valence-corrected chi connectivity index (χ4v) is 4.48. The van der Waals surface area contributed by atoms with Crippen LogP contribution in [0, 0.1) is 13.8 Å². The van der Waals surface area contributed by atoms with Gasteiger partial charge in [0.05, 0.1) is 29.6 Å². The minimum Gasteiger partial charge on any atom is -0.462 e. The molecular formula is C21H26N4O3S. The van der Waals surface area contributed by atoms with Crippen molar-refractivity contribution >= 4 is 39.2 Å². The number of rotatable bonds is 6. The molecule has 0 aliphatic rings. The van der Waals surface area contributed by atoms with Gasteiger partial charge in [-0.2, -0.15) is 5.10 Å². The summed E-state index contributed by atoms with van der Waals surface area (Å²) in [4.78, 5) is 31.1. The van der Waals surface area contributed by atoms with Gasteiger partial charge >= 0.3 is 5.97 Å². The van der Waals surface area contributed by atoms with E-state index in [2.05, 4.69) is 15.4 Å². The zero-order valence-corrected chi connectivity index (χ0v) is 18.4. The molecule has 3 rings (SSSR count). The number of thiophene rings is 1. The van der Waals surface area contributed by atoms with E-state index in [0.717, 1.165) is 21.5 Å². The maximum absolute atomic E-state index is 13.0. The summed E-state index contributed by atoms with van der Waals surface area (Å²) >= 11 is 1.39. The number of amides is 1. The third-order valence-electron chi connectivity index (χ3n) is 4.76. The van der Waals surface area contributed by atoms with E-state index in [0.29, 0.717) is 28.2 Å². The molecule has 0 unspecified atom stereocenters. The van der Waals surface area contributed by atoms with Gasteiger partial charge in [-0.05, 0) is 52.7 Å². The molecule has 3 aromatic rings. The number of carbonyl (C=O) groups is 2. The van der Waals surface area contributed by atoms with Gasteiger partial charge in [0, 0.05) is 16.3 Å². The van der Waals surface area contributed by atoms with Crippen LogP contribution in [-0.2, 0) is 11.2 Å². The number of aryl methyl sites for hydroxylation is 2. The molecule has 7 nitrogen and oxygen atoms in total. The Balaban J connectivity index is 1.99. The summed E-state index contributed by atoms with van der Waals surface area (Å²) in [6.07, 6.45) is 2.40. The highest BCUT2D eigenvalue weighted by molar-refractivity contribution is 7.16. The SMILES string of the molecule is CCOC(=O)c1c(NC(=O)c2cc3cnn(C(C)C)c3nc2C)sc(C)c1CC. The fraction of sp³-hybridized carbons (Fsp3) is 0.429. The molecule has 0 aromatic carbocycles. The lowest BCUT2D eigenvalue weighted by Crippen LogP contribution is -2.17. The molecule has 1 N–H and O–H groups in total. The van der Waals surface area contributed by atoms with Crippen LogP contribution in [0.3, 0.4) is 0 Å². The van der Waals surface area contributed by atoms with Crippen molar-refractivity contribution in [3.05, 3.63) is 39.5 Å². The summed E-state index contributed by atoms with van der Waals surface area (Å²) < 4.78 is 7.04. The van der Waals surface area contributed by atoms with Crippen LogP contribution in [0.2, 0.25) is 0 Å². The molecule has 154 valence electrons. The Hall–Kier alpha value is -2.74. The van der Waals surface area contributed by atoms with Gasteiger partial charge in [-0.15, -0.1) is 11.3 Å². The molecular weight excluding hydrogens is 388 g/mol. The number of nitrogens with zero attached hydrogens (tertiary/aromatic N) is 3. The Kier molecular flexibility index (Phi) is 6.02. The molecule has 3 heterocycles. The van der Waals surface area contributed by atoms with E-state index in [-0.39, 0.29) is 18.6 Å². The fourth-order valence-electron chi connectivity index (χ4n) is 3.36. The molecule has 0 aliphatic carbocycles. The number of fused-ring (bicyclic) bond motifs is 1. The van der Waals surface area contributed by atoms with E-state index in [4.69, 9.17) is 4.74 Å². The van der Waals surface area contributed by atoms with E-state index in [1.165, 1.54) is 11.3 Å². The van der Waals surface area contributed by atoms with Crippen molar-refractivity contribution in [2.45, 2.75) is 54.0 Å². The highest BCUT2D eigenvalue weighted by Gasteiger charge is 2.24. The van der Waals surface area contributed by atoms with Crippen LogP contribution >= 0.6 is 11.3 Å². The van der Waals surface area contributed by atoms with Crippen molar-refractivity contribution in [3.63, 3.8) is 0 Å². The van der Waals surface area contributed by atoms with E-state index >= 15 is 0 Å². The summed E-state index contributed by atoms with van der Waals surface area (Å²) in [7, 11) is 0. The predicted octanol–water partition coefficient (Wildman–Crippen LogP) is 4.68. The zero-order chi connectivity index (χ0) is 21.3. The molecule has 0 fully saturated rings. The lowest BCUT2D eigenvalue weighted by Gasteiger charge is -2.10. The average Bonchev–Trinajstić information content (AvgIpc) is 3.20. The monoisotopic (exact) mass is 414 g/mol.